The number of amides is 1. The smallest absolute Gasteiger partial charge is 0.252 e. The molecule has 0 saturated carbocycles. The molecule has 0 aliphatic heterocycles. The van der Waals surface area contributed by atoms with Gasteiger partial charge in [0.05, 0.1) is 5.56 Å². The normalized spacial score (nSPS) is 10.3. The second-order valence-electron chi connectivity index (χ2n) is 5.40. The van der Waals surface area contributed by atoms with Crippen molar-refractivity contribution in [1.82, 2.24) is 5.32 Å². The number of benzene rings is 2. The summed E-state index contributed by atoms with van der Waals surface area (Å²) in [5.74, 6) is -0.0320. The van der Waals surface area contributed by atoms with E-state index in [4.69, 9.17) is 0 Å². The van der Waals surface area contributed by atoms with Crippen LogP contribution in [0.3, 0.4) is 0 Å². The van der Waals surface area contributed by atoms with E-state index in [1.54, 1.807) is 0 Å². The van der Waals surface area contributed by atoms with E-state index < -0.39 is 0 Å². The Bertz CT molecular complexity index is 623. The van der Waals surface area contributed by atoms with E-state index in [1.807, 2.05) is 38.4 Å². The molecule has 0 atom stereocenters. The van der Waals surface area contributed by atoms with Crippen LogP contribution in [-0.2, 0) is 6.42 Å². The van der Waals surface area contributed by atoms with Crippen molar-refractivity contribution in [3.05, 3.63) is 64.1 Å². The number of rotatable bonds is 6. The van der Waals surface area contributed by atoms with Gasteiger partial charge in [-0.25, -0.2) is 0 Å². The molecule has 0 bridgehead atoms. The summed E-state index contributed by atoms with van der Waals surface area (Å²) < 4.78 is 0.826. The van der Waals surface area contributed by atoms with Crippen LogP contribution >= 0.6 is 15.9 Å². The van der Waals surface area contributed by atoms with E-state index in [1.165, 1.54) is 11.3 Å². The third kappa shape index (κ3) is 4.60. The Morgan fingerprint density at radius 1 is 1.09 bits per heavy atom. The van der Waals surface area contributed by atoms with E-state index >= 15 is 0 Å². The lowest BCUT2D eigenvalue weighted by Gasteiger charge is -2.12. The van der Waals surface area contributed by atoms with Crippen LogP contribution in [0, 0.1) is 0 Å². The van der Waals surface area contributed by atoms with E-state index in [9.17, 15) is 4.79 Å². The van der Waals surface area contributed by atoms with Gasteiger partial charge in [-0.2, -0.15) is 0 Å². The van der Waals surface area contributed by atoms with Crippen LogP contribution < -0.4 is 10.2 Å². The monoisotopic (exact) mass is 360 g/mol. The lowest BCUT2D eigenvalue weighted by atomic mass is 10.1. The minimum absolute atomic E-state index is 0.0320. The van der Waals surface area contributed by atoms with Crippen molar-refractivity contribution in [1.29, 1.82) is 0 Å². The lowest BCUT2D eigenvalue weighted by molar-refractivity contribution is 0.0952. The van der Waals surface area contributed by atoms with Gasteiger partial charge >= 0.3 is 0 Å². The Morgan fingerprint density at radius 3 is 2.41 bits per heavy atom. The molecule has 0 aromatic heterocycles. The predicted molar refractivity (Wildman–Crippen MR) is 95.6 cm³/mol. The second-order valence-corrected chi connectivity index (χ2v) is 6.25. The van der Waals surface area contributed by atoms with Crippen molar-refractivity contribution < 1.29 is 4.79 Å². The number of nitrogens with one attached hydrogen (secondary N) is 1. The highest BCUT2D eigenvalue weighted by molar-refractivity contribution is 9.10. The standard InChI is InChI=1S/C18H21BrN2O/c1-21(2)15-11-9-14(10-12-15)6-5-13-20-18(22)16-7-3-4-8-17(16)19/h3-4,7-12H,5-6,13H2,1-2H3,(H,20,22). The van der Waals surface area contributed by atoms with Crippen molar-refractivity contribution in [3.63, 3.8) is 0 Å². The summed E-state index contributed by atoms with van der Waals surface area (Å²) in [6.07, 6.45) is 1.89. The van der Waals surface area contributed by atoms with Crippen LogP contribution in [-0.4, -0.2) is 26.5 Å². The van der Waals surface area contributed by atoms with Crippen molar-refractivity contribution in [2.24, 2.45) is 0 Å². The maximum absolute atomic E-state index is 12.0. The first-order chi connectivity index (χ1) is 10.6. The van der Waals surface area contributed by atoms with E-state index in [-0.39, 0.29) is 5.91 Å². The molecule has 4 heteroatoms. The van der Waals surface area contributed by atoms with Crippen molar-refractivity contribution in [2.45, 2.75) is 12.8 Å². The number of anilines is 1. The Balaban J connectivity index is 1.77. The largest absolute Gasteiger partial charge is 0.378 e. The molecule has 116 valence electrons. The number of nitrogens with zero attached hydrogens (tertiary/aromatic N) is 1. The Hall–Kier alpha value is -1.81. The summed E-state index contributed by atoms with van der Waals surface area (Å²) in [6.45, 7) is 0.676. The molecule has 0 fully saturated rings. The first-order valence-electron chi connectivity index (χ1n) is 7.37. The van der Waals surface area contributed by atoms with Crippen LogP contribution in [0.5, 0.6) is 0 Å². The highest BCUT2D eigenvalue weighted by atomic mass is 79.9. The highest BCUT2D eigenvalue weighted by Crippen LogP contribution is 2.16. The van der Waals surface area contributed by atoms with E-state index in [0.717, 1.165) is 17.3 Å². The maximum atomic E-state index is 12.0. The summed E-state index contributed by atoms with van der Waals surface area (Å²) in [4.78, 5) is 14.1. The second kappa shape index (κ2) is 7.99. The lowest BCUT2D eigenvalue weighted by Crippen LogP contribution is -2.25. The summed E-state index contributed by atoms with van der Waals surface area (Å²) in [6, 6.07) is 16.0. The van der Waals surface area contributed by atoms with E-state index in [2.05, 4.69) is 50.4 Å². The molecular formula is C18H21BrN2O. The van der Waals surface area contributed by atoms with Gasteiger partial charge in [0.15, 0.2) is 0 Å². The number of halogens is 1. The summed E-state index contributed by atoms with van der Waals surface area (Å²) in [7, 11) is 4.07. The molecule has 0 radical (unpaired) electrons. The molecule has 1 N–H and O–H groups in total. The van der Waals surface area contributed by atoms with Crippen LogP contribution in [0.2, 0.25) is 0 Å². The minimum atomic E-state index is -0.0320. The first-order valence-corrected chi connectivity index (χ1v) is 8.16. The van der Waals surface area contributed by atoms with Gasteiger partial charge in [-0.15, -0.1) is 0 Å². The molecule has 0 unspecified atom stereocenters. The minimum Gasteiger partial charge on any atom is -0.378 e. The van der Waals surface area contributed by atoms with Crippen LogP contribution in [0.1, 0.15) is 22.3 Å². The van der Waals surface area contributed by atoms with E-state index in [0.29, 0.717) is 12.1 Å². The first kappa shape index (κ1) is 16.6. The molecular weight excluding hydrogens is 340 g/mol. The zero-order chi connectivity index (χ0) is 15.9. The molecule has 1 amide bonds. The average Bonchev–Trinajstić information content (AvgIpc) is 2.52. The molecule has 2 aromatic rings. The highest BCUT2D eigenvalue weighted by Gasteiger charge is 2.07. The molecule has 3 nitrogen and oxygen atoms in total. The van der Waals surface area contributed by atoms with Crippen LogP contribution in [0.15, 0.2) is 53.0 Å². The van der Waals surface area contributed by atoms with Gasteiger partial charge in [0, 0.05) is 30.8 Å². The van der Waals surface area contributed by atoms with Crippen molar-refractivity contribution >= 4 is 27.5 Å². The van der Waals surface area contributed by atoms with Gasteiger partial charge in [0.1, 0.15) is 0 Å². The molecule has 0 spiro atoms. The maximum Gasteiger partial charge on any atom is 0.252 e. The third-order valence-corrected chi connectivity index (χ3v) is 4.19. The van der Waals surface area contributed by atoms with Gasteiger partial charge in [-0.3, -0.25) is 4.79 Å². The fourth-order valence-corrected chi connectivity index (χ4v) is 2.66. The zero-order valence-corrected chi connectivity index (χ0v) is 14.6. The predicted octanol–water partition coefficient (Wildman–Crippen LogP) is 3.88. The molecule has 0 heterocycles. The number of hydrogen-bond acceptors (Lipinski definition) is 2. The Morgan fingerprint density at radius 2 is 1.77 bits per heavy atom. The number of hydrogen-bond donors (Lipinski definition) is 1. The molecule has 2 rings (SSSR count). The van der Waals surface area contributed by atoms with Crippen molar-refractivity contribution in [3.8, 4) is 0 Å². The quantitative estimate of drug-likeness (QED) is 0.792. The molecule has 2 aromatic carbocycles. The fraction of sp³-hybridized carbons (Fsp3) is 0.278. The summed E-state index contributed by atoms with van der Waals surface area (Å²) >= 11 is 3.40. The Kier molecular flexibility index (Phi) is 6.01. The molecule has 0 saturated heterocycles. The number of carbonyl (C=O) groups is 1. The van der Waals surface area contributed by atoms with Gasteiger partial charge < -0.3 is 10.2 Å². The van der Waals surface area contributed by atoms with Gasteiger partial charge in [0.25, 0.3) is 5.91 Å². The summed E-state index contributed by atoms with van der Waals surface area (Å²) in [5.41, 5.74) is 3.17. The van der Waals surface area contributed by atoms with Gasteiger partial charge in [0.2, 0.25) is 0 Å². The topological polar surface area (TPSA) is 32.3 Å². The average molecular weight is 361 g/mol. The van der Waals surface area contributed by atoms with Crippen LogP contribution in [0.4, 0.5) is 5.69 Å². The summed E-state index contributed by atoms with van der Waals surface area (Å²) in [5, 5.41) is 2.96. The molecule has 0 aliphatic rings. The van der Waals surface area contributed by atoms with Gasteiger partial charge in [-0.05, 0) is 58.6 Å². The third-order valence-electron chi connectivity index (χ3n) is 3.50. The zero-order valence-electron chi connectivity index (χ0n) is 13.0. The molecule has 0 aliphatic carbocycles. The SMILES string of the molecule is CN(C)c1ccc(CCCNC(=O)c2ccccc2Br)cc1. The molecule has 22 heavy (non-hydrogen) atoms. The number of aryl methyl sites for hydroxylation is 1. The van der Waals surface area contributed by atoms with Crippen LogP contribution in [0.25, 0.3) is 0 Å². The van der Waals surface area contributed by atoms with Crippen molar-refractivity contribution in [2.75, 3.05) is 25.5 Å². The Labute approximate surface area is 140 Å². The fourth-order valence-electron chi connectivity index (χ4n) is 2.20. The van der Waals surface area contributed by atoms with Gasteiger partial charge in [-0.1, -0.05) is 24.3 Å². The number of carbonyl (C=O) groups excluding carboxylic acids is 1.